The first kappa shape index (κ1) is 12.1. The highest BCUT2D eigenvalue weighted by Gasteiger charge is 2.09. The molecule has 0 heterocycles. The van der Waals surface area contributed by atoms with Gasteiger partial charge in [0.1, 0.15) is 0 Å². The Morgan fingerprint density at radius 2 is 1.58 bits per heavy atom. The van der Waals surface area contributed by atoms with Crippen LogP contribution in [0.4, 0.5) is 0 Å². The van der Waals surface area contributed by atoms with Gasteiger partial charge in [-0.15, -0.1) is 0 Å². The van der Waals surface area contributed by atoms with Gasteiger partial charge < -0.3 is 0 Å². The molecule has 0 spiro atoms. The van der Waals surface area contributed by atoms with Crippen LogP contribution in [0.2, 0.25) is 0 Å². The molecule has 1 atom stereocenters. The first-order chi connectivity index (χ1) is 5.78. The van der Waals surface area contributed by atoms with Crippen LogP contribution in [0.5, 0.6) is 0 Å². The fourth-order valence-corrected chi connectivity index (χ4v) is 1.86. The van der Waals surface area contributed by atoms with Crippen molar-refractivity contribution >= 4 is 8.46 Å². The fraction of sp³-hybridized carbons (Fsp3) is 1.00. The van der Waals surface area contributed by atoms with Gasteiger partial charge in [0.2, 0.25) is 0 Å². The SMILES string of the molecule is CCC(CC)CCC(CC)P=O. The Labute approximate surface area is 78.1 Å². The van der Waals surface area contributed by atoms with Crippen molar-refractivity contribution < 1.29 is 4.57 Å². The van der Waals surface area contributed by atoms with Gasteiger partial charge in [-0.3, -0.25) is 4.57 Å². The highest BCUT2D eigenvalue weighted by Crippen LogP contribution is 2.22. The molecule has 0 aliphatic rings. The van der Waals surface area contributed by atoms with E-state index in [1.54, 1.807) is 0 Å². The minimum atomic E-state index is 0.342. The van der Waals surface area contributed by atoms with Gasteiger partial charge in [-0.25, -0.2) is 0 Å². The average molecular weight is 188 g/mol. The summed E-state index contributed by atoms with van der Waals surface area (Å²) in [5, 5.41) is 0. The van der Waals surface area contributed by atoms with E-state index in [1.807, 2.05) is 0 Å². The Morgan fingerprint density at radius 1 is 1.00 bits per heavy atom. The molecule has 0 aliphatic heterocycles. The Morgan fingerprint density at radius 3 is 1.92 bits per heavy atom. The molecule has 0 bridgehead atoms. The van der Waals surface area contributed by atoms with Gasteiger partial charge >= 0.3 is 0 Å². The van der Waals surface area contributed by atoms with Gasteiger partial charge in [-0.2, -0.15) is 0 Å². The van der Waals surface area contributed by atoms with E-state index in [9.17, 15) is 4.57 Å². The number of rotatable bonds is 7. The monoisotopic (exact) mass is 188 g/mol. The van der Waals surface area contributed by atoms with E-state index < -0.39 is 0 Å². The molecule has 0 aromatic rings. The van der Waals surface area contributed by atoms with Crippen LogP contribution in [0.25, 0.3) is 0 Å². The maximum Gasteiger partial charge on any atom is 0.158 e. The highest BCUT2D eigenvalue weighted by atomic mass is 31.1. The Kier molecular flexibility index (Phi) is 7.80. The summed E-state index contributed by atoms with van der Waals surface area (Å²) in [6.07, 6.45) is 5.96. The summed E-state index contributed by atoms with van der Waals surface area (Å²) in [5.74, 6) is 0.848. The van der Waals surface area contributed by atoms with Crippen LogP contribution in [0.1, 0.15) is 52.9 Å². The van der Waals surface area contributed by atoms with Crippen molar-refractivity contribution in [3.05, 3.63) is 0 Å². The first-order valence-electron chi connectivity index (χ1n) is 5.10. The molecule has 0 saturated heterocycles. The van der Waals surface area contributed by atoms with Crippen molar-refractivity contribution in [2.45, 2.75) is 58.5 Å². The van der Waals surface area contributed by atoms with Crippen molar-refractivity contribution in [1.29, 1.82) is 0 Å². The van der Waals surface area contributed by atoms with Crippen LogP contribution in [0.15, 0.2) is 0 Å². The number of hydrogen-bond acceptors (Lipinski definition) is 1. The van der Waals surface area contributed by atoms with E-state index >= 15 is 0 Å². The fourth-order valence-electron chi connectivity index (χ4n) is 1.46. The lowest BCUT2D eigenvalue weighted by atomic mass is 9.96. The predicted molar refractivity (Wildman–Crippen MR) is 55.0 cm³/mol. The molecule has 0 aromatic heterocycles. The summed E-state index contributed by atoms with van der Waals surface area (Å²) in [6.45, 7) is 6.59. The van der Waals surface area contributed by atoms with Crippen molar-refractivity contribution in [2.75, 3.05) is 0 Å². The second kappa shape index (κ2) is 7.73. The van der Waals surface area contributed by atoms with E-state index in [0.29, 0.717) is 14.1 Å². The largest absolute Gasteiger partial charge is 0.275 e. The van der Waals surface area contributed by atoms with Crippen molar-refractivity contribution in [3.63, 3.8) is 0 Å². The van der Waals surface area contributed by atoms with E-state index in [0.717, 1.165) is 18.8 Å². The maximum absolute atomic E-state index is 10.6. The molecule has 0 radical (unpaired) electrons. The Bertz CT molecular complexity index is 110. The molecule has 1 nitrogen and oxygen atoms in total. The summed E-state index contributed by atoms with van der Waals surface area (Å²) in [4.78, 5) is 0. The summed E-state index contributed by atoms with van der Waals surface area (Å²) in [6, 6.07) is 0. The Balaban J connectivity index is 3.55. The lowest BCUT2D eigenvalue weighted by Gasteiger charge is -2.13. The molecule has 72 valence electrons. The van der Waals surface area contributed by atoms with Crippen LogP contribution in [-0.2, 0) is 4.57 Å². The zero-order valence-electron chi connectivity index (χ0n) is 8.55. The molecule has 0 aliphatic carbocycles. The van der Waals surface area contributed by atoms with Gasteiger partial charge in [0.15, 0.2) is 8.46 Å². The lowest BCUT2D eigenvalue weighted by molar-refractivity contribution is 0.433. The van der Waals surface area contributed by atoms with Crippen LogP contribution < -0.4 is 0 Å². The van der Waals surface area contributed by atoms with Gasteiger partial charge in [0.25, 0.3) is 0 Å². The third-order valence-electron chi connectivity index (χ3n) is 2.68. The molecular weight excluding hydrogens is 167 g/mol. The normalized spacial score (nSPS) is 14.0. The number of hydrogen-bond donors (Lipinski definition) is 0. The molecule has 1 unspecified atom stereocenters. The van der Waals surface area contributed by atoms with Crippen molar-refractivity contribution in [3.8, 4) is 0 Å². The molecular formula is C10H21OP. The molecule has 12 heavy (non-hydrogen) atoms. The lowest BCUT2D eigenvalue weighted by Crippen LogP contribution is -2.02. The predicted octanol–water partition coefficient (Wildman–Crippen LogP) is 4.27. The molecule has 2 heteroatoms. The average Bonchev–Trinajstić information content (AvgIpc) is 2.13. The summed E-state index contributed by atoms with van der Waals surface area (Å²) in [5.41, 5.74) is 0.408. The first-order valence-corrected chi connectivity index (χ1v) is 5.98. The third kappa shape index (κ3) is 4.87. The molecule has 0 saturated carbocycles. The second-order valence-corrected chi connectivity index (χ2v) is 4.37. The van der Waals surface area contributed by atoms with Crippen LogP contribution in [0.3, 0.4) is 0 Å². The van der Waals surface area contributed by atoms with E-state index in [4.69, 9.17) is 0 Å². The van der Waals surface area contributed by atoms with Gasteiger partial charge in [-0.1, -0.05) is 33.6 Å². The van der Waals surface area contributed by atoms with Crippen LogP contribution >= 0.6 is 8.46 Å². The highest BCUT2D eigenvalue weighted by molar-refractivity contribution is 7.24. The molecule has 0 rings (SSSR count). The van der Waals surface area contributed by atoms with E-state index in [2.05, 4.69) is 20.8 Å². The zero-order valence-corrected chi connectivity index (χ0v) is 9.44. The molecule has 0 fully saturated rings. The minimum absolute atomic E-state index is 0.342. The zero-order chi connectivity index (χ0) is 9.40. The van der Waals surface area contributed by atoms with Crippen LogP contribution in [0, 0.1) is 5.92 Å². The standard InChI is InChI=1S/C10H21OP/c1-4-9(5-2)7-8-10(6-3)12-11/h9-10H,4-8H2,1-3H3. The topological polar surface area (TPSA) is 17.1 Å². The quantitative estimate of drug-likeness (QED) is 0.545. The summed E-state index contributed by atoms with van der Waals surface area (Å²) >= 11 is 0. The van der Waals surface area contributed by atoms with Gasteiger partial charge in [-0.05, 0) is 25.2 Å². The smallest absolute Gasteiger partial charge is 0.158 e. The maximum atomic E-state index is 10.6. The Hall–Kier alpha value is 0.100. The van der Waals surface area contributed by atoms with Gasteiger partial charge in [0, 0.05) is 5.66 Å². The van der Waals surface area contributed by atoms with Crippen LogP contribution in [-0.4, -0.2) is 5.66 Å². The summed E-state index contributed by atoms with van der Waals surface area (Å²) < 4.78 is 10.6. The second-order valence-electron chi connectivity index (χ2n) is 3.43. The molecule has 0 N–H and O–H groups in total. The van der Waals surface area contributed by atoms with Gasteiger partial charge in [0.05, 0.1) is 0 Å². The molecule has 0 amide bonds. The van der Waals surface area contributed by atoms with E-state index in [1.165, 1.54) is 19.3 Å². The molecule has 0 aromatic carbocycles. The summed E-state index contributed by atoms with van der Waals surface area (Å²) in [7, 11) is 0.342. The van der Waals surface area contributed by atoms with E-state index in [-0.39, 0.29) is 0 Å². The third-order valence-corrected chi connectivity index (χ3v) is 3.60. The van der Waals surface area contributed by atoms with Crippen molar-refractivity contribution in [1.82, 2.24) is 0 Å². The minimum Gasteiger partial charge on any atom is -0.275 e. The van der Waals surface area contributed by atoms with Crippen molar-refractivity contribution in [2.24, 2.45) is 5.92 Å².